The molecule has 0 amide bonds. The Morgan fingerprint density at radius 2 is 1.67 bits per heavy atom. The maximum atomic E-state index is 3.53. The summed E-state index contributed by atoms with van der Waals surface area (Å²) >= 11 is 3.53. The number of alkyl halides is 1. The molecule has 1 aromatic carbocycles. The highest BCUT2D eigenvalue weighted by Crippen LogP contribution is 2.23. The van der Waals surface area contributed by atoms with Gasteiger partial charge in [0.2, 0.25) is 0 Å². The number of benzene rings is 1. The Bertz CT molecular complexity index is 212. The summed E-state index contributed by atoms with van der Waals surface area (Å²) in [5, 5.41) is 0. The van der Waals surface area contributed by atoms with Crippen LogP contribution in [0.5, 0.6) is 0 Å². The van der Waals surface area contributed by atoms with Crippen molar-refractivity contribution in [3.8, 4) is 0 Å². The minimum absolute atomic E-state index is 0.439. The number of hydrogen-bond donors (Lipinski definition) is 0. The second-order valence-corrected chi connectivity index (χ2v) is 4.48. The monoisotopic (exact) mass is 227 g/mol. The summed E-state index contributed by atoms with van der Waals surface area (Å²) in [6.07, 6.45) is 0. The second-order valence-electron chi connectivity index (χ2n) is 3.10. The first kappa shape index (κ1) is 9.59. The average molecular weight is 228 g/mol. The van der Waals surface area contributed by atoms with E-state index in [0.717, 1.165) is 0 Å². The topological polar surface area (TPSA) is 3.24 Å². The molecule has 0 saturated carbocycles. The Balaban J connectivity index is 2.86. The summed E-state index contributed by atoms with van der Waals surface area (Å²) in [6, 6.07) is 8.56. The second kappa shape index (κ2) is 3.94. The van der Waals surface area contributed by atoms with Gasteiger partial charge >= 0.3 is 0 Å². The molecule has 2 heteroatoms. The van der Waals surface area contributed by atoms with Crippen molar-refractivity contribution in [2.45, 2.75) is 11.8 Å². The Hall–Kier alpha value is -0.500. The van der Waals surface area contributed by atoms with Gasteiger partial charge in [-0.15, -0.1) is 0 Å². The van der Waals surface area contributed by atoms with E-state index in [1.165, 1.54) is 11.3 Å². The van der Waals surface area contributed by atoms with Gasteiger partial charge in [0.05, 0.1) is 0 Å². The van der Waals surface area contributed by atoms with Gasteiger partial charge in [-0.25, -0.2) is 0 Å². The van der Waals surface area contributed by atoms with Gasteiger partial charge in [0, 0.05) is 24.6 Å². The van der Waals surface area contributed by atoms with Crippen molar-refractivity contribution in [2.75, 3.05) is 19.0 Å². The van der Waals surface area contributed by atoms with Crippen molar-refractivity contribution in [1.29, 1.82) is 0 Å². The average Bonchev–Trinajstić information content (AvgIpc) is 2.04. The molecule has 0 bridgehead atoms. The van der Waals surface area contributed by atoms with E-state index in [1.54, 1.807) is 0 Å². The molecular formula is C10H14BrN. The molecule has 0 aromatic heterocycles. The first-order chi connectivity index (χ1) is 5.61. The van der Waals surface area contributed by atoms with Gasteiger partial charge in [0.15, 0.2) is 0 Å². The largest absolute Gasteiger partial charge is 0.378 e. The molecule has 0 aliphatic carbocycles. The van der Waals surface area contributed by atoms with Gasteiger partial charge in [-0.2, -0.15) is 0 Å². The van der Waals surface area contributed by atoms with Crippen LogP contribution in [-0.4, -0.2) is 14.1 Å². The third kappa shape index (κ3) is 2.24. The van der Waals surface area contributed by atoms with Gasteiger partial charge in [0.25, 0.3) is 0 Å². The highest BCUT2D eigenvalue weighted by molar-refractivity contribution is 9.09. The lowest BCUT2D eigenvalue weighted by Crippen LogP contribution is -2.08. The van der Waals surface area contributed by atoms with E-state index in [1.807, 2.05) is 14.1 Å². The molecule has 0 radical (unpaired) electrons. The van der Waals surface area contributed by atoms with Crippen LogP contribution >= 0.6 is 15.9 Å². The predicted molar refractivity (Wildman–Crippen MR) is 58.1 cm³/mol. The van der Waals surface area contributed by atoms with Crippen LogP contribution in [0.2, 0.25) is 0 Å². The fourth-order valence-corrected chi connectivity index (χ4v) is 1.34. The normalized spacial score (nSPS) is 12.7. The molecule has 1 rings (SSSR count). The van der Waals surface area contributed by atoms with Gasteiger partial charge < -0.3 is 4.90 Å². The van der Waals surface area contributed by atoms with Crippen LogP contribution in [0.15, 0.2) is 24.3 Å². The van der Waals surface area contributed by atoms with Crippen LogP contribution < -0.4 is 4.90 Å². The maximum absolute atomic E-state index is 3.53. The Kier molecular flexibility index (Phi) is 3.15. The third-order valence-corrected chi connectivity index (χ3v) is 2.40. The quantitative estimate of drug-likeness (QED) is 0.702. The summed E-state index contributed by atoms with van der Waals surface area (Å²) < 4.78 is 0. The molecule has 1 atom stereocenters. The molecule has 12 heavy (non-hydrogen) atoms. The van der Waals surface area contributed by atoms with Crippen LogP contribution in [0.1, 0.15) is 17.3 Å². The van der Waals surface area contributed by atoms with Gasteiger partial charge in [-0.3, -0.25) is 0 Å². The molecule has 0 spiro atoms. The molecule has 1 unspecified atom stereocenters. The highest BCUT2D eigenvalue weighted by Gasteiger charge is 2.00. The predicted octanol–water partition coefficient (Wildman–Crippen LogP) is 3.21. The van der Waals surface area contributed by atoms with Crippen molar-refractivity contribution in [1.82, 2.24) is 0 Å². The molecule has 0 saturated heterocycles. The number of anilines is 1. The maximum Gasteiger partial charge on any atom is 0.0367 e. The zero-order valence-corrected chi connectivity index (χ0v) is 9.30. The molecule has 0 heterocycles. The third-order valence-electron chi connectivity index (χ3n) is 1.87. The number of rotatable bonds is 2. The van der Waals surface area contributed by atoms with E-state index >= 15 is 0 Å². The summed E-state index contributed by atoms with van der Waals surface area (Å²) in [6.45, 7) is 2.13. The molecule has 0 fully saturated rings. The lowest BCUT2D eigenvalue weighted by molar-refractivity contribution is 1.10. The van der Waals surface area contributed by atoms with Gasteiger partial charge in [-0.05, 0) is 24.6 Å². The number of halogens is 1. The van der Waals surface area contributed by atoms with Crippen molar-refractivity contribution >= 4 is 21.6 Å². The molecular weight excluding hydrogens is 214 g/mol. The lowest BCUT2D eigenvalue weighted by Gasteiger charge is -2.13. The van der Waals surface area contributed by atoms with Crippen molar-refractivity contribution in [3.05, 3.63) is 29.8 Å². The van der Waals surface area contributed by atoms with Crippen molar-refractivity contribution in [3.63, 3.8) is 0 Å². The highest BCUT2D eigenvalue weighted by atomic mass is 79.9. The zero-order valence-electron chi connectivity index (χ0n) is 7.71. The lowest BCUT2D eigenvalue weighted by atomic mass is 10.1. The van der Waals surface area contributed by atoms with E-state index in [2.05, 4.69) is 52.0 Å². The smallest absolute Gasteiger partial charge is 0.0367 e. The molecule has 0 aliphatic rings. The fourth-order valence-electron chi connectivity index (χ4n) is 1.04. The van der Waals surface area contributed by atoms with E-state index in [0.29, 0.717) is 4.83 Å². The molecule has 66 valence electrons. The van der Waals surface area contributed by atoms with Crippen LogP contribution in [0.25, 0.3) is 0 Å². The molecule has 1 aromatic rings. The van der Waals surface area contributed by atoms with Gasteiger partial charge in [0.1, 0.15) is 0 Å². The Morgan fingerprint density at radius 1 is 1.17 bits per heavy atom. The fraction of sp³-hybridized carbons (Fsp3) is 0.400. The van der Waals surface area contributed by atoms with E-state index in [9.17, 15) is 0 Å². The van der Waals surface area contributed by atoms with Crippen LogP contribution in [-0.2, 0) is 0 Å². The molecule has 0 aliphatic heterocycles. The number of nitrogens with zero attached hydrogens (tertiary/aromatic N) is 1. The SMILES string of the molecule is CC(Br)c1ccc(N(C)C)cc1. The summed E-state index contributed by atoms with van der Waals surface area (Å²) in [4.78, 5) is 2.54. The first-order valence-corrected chi connectivity index (χ1v) is 4.94. The first-order valence-electron chi connectivity index (χ1n) is 4.02. The zero-order chi connectivity index (χ0) is 9.14. The summed E-state index contributed by atoms with van der Waals surface area (Å²) in [5.74, 6) is 0. The minimum atomic E-state index is 0.439. The Labute approximate surface area is 82.5 Å². The van der Waals surface area contributed by atoms with E-state index < -0.39 is 0 Å². The standard InChI is InChI=1S/C10H14BrN/c1-8(11)9-4-6-10(7-5-9)12(2)3/h4-8H,1-3H3. The van der Waals surface area contributed by atoms with Crippen LogP contribution in [0.4, 0.5) is 5.69 Å². The van der Waals surface area contributed by atoms with Crippen molar-refractivity contribution < 1.29 is 0 Å². The minimum Gasteiger partial charge on any atom is -0.378 e. The van der Waals surface area contributed by atoms with Crippen molar-refractivity contribution in [2.24, 2.45) is 0 Å². The van der Waals surface area contributed by atoms with E-state index in [-0.39, 0.29) is 0 Å². The molecule has 1 nitrogen and oxygen atoms in total. The van der Waals surface area contributed by atoms with Gasteiger partial charge in [-0.1, -0.05) is 28.1 Å². The summed E-state index contributed by atoms with van der Waals surface area (Å²) in [5.41, 5.74) is 2.56. The summed E-state index contributed by atoms with van der Waals surface area (Å²) in [7, 11) is 4.10. The Morgan fingerprint density at radius 3 is 2.00 bits per heavy atom. The van der Waals surface area contributed by atoms with Crippen LogP contribution in [0, 0.1) is 0 Å². The van der Waals surface area contributed by atoms with Crippen LogP contribution in [0.3, 0.4) is 0 Å². The molecule has 0 N–H and O–H groups in total. The van der Waals surface area contributed by atoms with E-state index in [4.69, 9.17) is 0 Å². The number of hydrogen-bond acceptors (Lipinski definition) is 1.